The molecule has 0 aliphatic rings. The molecule has 3 heteroatoms. The fraction of sp³-hybridized carbons (Fsp3) is 0.188. The third-order valence-electron chi connectivity index (χ3n) is 2.88. The number of nitriles is 1. The summed E-state index contributed by atoms with van der Waals surface area (Å²) in [6.45, 7) is 2.43. The van der Waals surface area contributed by atoms with Gasteiger partial charge in [0.1, 0.15) is 12.4 Å². The van der Waals surface area contributed by atoms with Crippen LogP contribution in [0.15, 0.2) is 42.5 Å². The van der Waals surface area contributed by atoms with Crippen molar-refractivity contribution >= 4 is 11.6 Å². The SMILES string of the molecule is Cc1cccc(CCl)c1OCc1cccc(C#N)c1. The van der Waals surface area contributed by atoms with Crippen molar-refractivity contribution in [2.45, 2.75) is 19.4 Å². The van der Waals surface area contributed by atoms with Crippen molar-refractivity contribution in [3.63, 3.8) is 0 Å². The number of hydrogen-bond donors (Lipinski definition) is 0. The molecule has 19 heavy (non-hydrogen) atoms. The summed E-state index contributed by atoms with van der Waals surface area (Å²) < 4.78 is 5.85. The molecule has 2 aromatic carbocycles. The van der Waals surface area contributed by atoms with Crippen LogP contribution in [-0.2, 0) is 12.5 Å². The minimum absolute atomic E-state index is 0.426. The van der Waals surface area contributed by atoms with Gasteiger partial charge in [-0.05, 0) is 30.2 Å². The fourth-order valence-corrected chi connectivity index (χ4v) is 2.12. The monoisotopic (exact) mass is 271 g/mol. The smallest absolute Gasteiger partial charge is 0.127 e. The first-order valence-corrected chi connectivity index (χ1v) is 6.54. The molecule has 0 unspecified atom stereocenters. The molecule has 0 fully saturated rings. The van der Waals surface area contributed by atoms with E-state index in [0.717, 1.165) is 22.4 Å². The van der Waals surface area contributed by atoms with E-state index in [1.54, 1.807) is 6.07 Å². The maximum Gasteiger partial charge on any atom is 0.127 e. The molecule has 0 amide bonds. The Morgan fingerprint density at radius 3 is 2.74 bits per heavy atom. The van der Waals surface area contributed by atoms with Crippen molar-refractivity contribution in [3.05, 3.63) is 64.7 Å². The van der Waals surface area contributed by atoms with Crippen LogP contribution in [0.3, 0.4) is 0 Å². The highest BCUT2D eigenvalue weighted by Crippen LogP contribution is 2.25. The van der Waals surface area contributed by atoms with Crippen molar-refractivity contribution in [3.8, 4) is 11.8 Å². The average molecular weight is 272 g/mol. The molecule has 0 spiro atoms. The number of alkyl halides is 1. The normalized spacial score (nSPS) is 9.95. The first-order valence-electron chi connectivity index (χ1n) is 6.01. The molecule has 0 heterocycles. The van der Waals surface area contributed by atoms with E-state index in [0.29, 0.717) is 18.1 Å². The van der Waals surface area contributed by atoms with Crippen LogP contribution in [0, 0.1) is 18.3 Å². The third kappa shape index (κ3) is 3.27. The Hall–Kier alpha value is -1.98. The summed E-state index contributed by atoms with van der Waals surface area (Å²) in [5, 5.41) is 8.87. The number of halogens is 1. The maximum absolute atomic E-state index is 8.87. The van der Waals surface area contributed by atoms with Crippen LogP contribution < -0.4 is 4.74 Å². The first-order chi connectivity index (χ1) is 9.24. The Bertz CT molecular complexity index is 616. The van der Waals surface area contributed by atoms with E-state index in [2.05, 4.69) is 6.07 Å². The molecule has 2 nitrogen and oxygen atoms in total. The Kier molecular flexibility index (Phi) is 4.43. The van der Waals surface area contributed by atoms with Crippen LogP contribution in [0.1, 0.15) is 22.3 Å². The van der Waals surface area contributed by atoms with Crippen LogP contribution in [0.25, 0.3) is 0 Å². The predicted octanol–water partition coefficient (Wildman–Crippen LogP) is 4.18. The Morgan fingerprint density at radius 1 is 1.21 bits per heavy atom. The molecule has 0 radical (unpaired) electrons. The number of para-hydroxylation sites is 1. The van der Waals surface area contributed by atoms with Gasteiger partial charge in [-0.1, -0.05) is 30.3 Å². The van der Waals surface area contributed by atoms with E-state index in [-0.39, 0.29) is 0 Å². The summed E-state index contributed by atoms with van der Waals surface area (Å²) in [6.07, 6.45) is 0. The fourth-order valence-electron chi connectivity index (χ4n) is 1.91. The molecule has 0 N–H and O–H groups in total. The summed E-state index contributed by atoms with van der Waals surface area (Å²) >= 11 is 5.91. The van der Waals surface area contributed by atoms with E-state index in [1.165, 1.54) is 0 Å². The molecular weight excluding hydrogens is 258 g/mol. The molecule has 0 saturated carbocycles. The van der Waals surface area contributed by atoms with Crippen molar-refractivity contribution < 1.29 is 4.74 Å². The lowest BCUT2D eigenvalue weighted by Gasteiger charge is -2.12. The van der Waals surface area contributed by atoms with E-state index in [9.17, 15) is 0 Å². The van der Waals surface area contributed by atoms with Gasteiger partial charge in [0.2, 0.25) is 0 Å². The van der Waals surface area contributed by atoms with Gasteiger partial charge in [0.15, 0.2) is 0 Å². The lowest BCUT2D eigenvalue weighted by Crippen LogP contribution is -2.00. The van der Waals surface area contributed by atoms with Crippen LogP contribution in [0.4, 0.5) is 0 Å². The largest absolute Gasteiger partial charge is 0.488 e. The van der Waals surface area contributed by atoms with Crippen molar-refractivity contribution in [2.24, 2.45) is 0 Å². The molecule has 0 aromatic heterocycles. The second kappa shape index (κ2) is 6.26. The van der Waals surface area contributed by atoms with Crippen molar-refractivity contribution in [1.29, 1.82) is 5.26 Å². The molecule has 0 bridgehead atoms. The van der Waals surface area contributed by atoms with Crippen LogP contribution in [0.5, 0.6) is 5.75 Å². The van der Waals surface area contributed by atoms with Crippen LogP contribution in [-0.4, -0.2) is 0 Å². The summed E-state index contributed by atoms with van der Waals surface area (Å²) in [4.78, 5) is 0. The van der Waals surface area contributed by atoms with Crippen molar-refractivity contribution in [2.75, 3.05) is 0 Å². The van der Waals surface area contributed by atoms with Gasteiger partial charge < -0.3 is 4.74 Å². The molecule has 96 valence electrons. The zero-order valence-corrected chi connectivity index (χ0v) is 11.4. The molecule has 2 aromatic rings. The summed E-state index contributed by atoms with van der Waals surface area (Å²) in [6, 6.07) is 15.5. The topological polar surface area (TPSA) is 33.0 Å². The van der Waals surface area contributed by atoms with Gasteiger partial charge in [-0.3, -0.25) is 0 Å². The highest BCUT2D eigenvalue weighted by molar-refractivity contribution is 6.17. The first kappa shape index (κ1) is 13.5. The average Bonchev–Trinajstić information content (AvgIpc) is 2.46. The molecular formula is C16H14ClNO. The second-order valence-electron chi connectivity index (χ2n) is 4.30. The number of nitrogens with zero attached hydrogens (tertiary/aromatic N) is 1. The molecule has 0 atom stereocenters. The van der Waals surface area contributed by atoms with E-state index in [4.69, 9.17) is 21.6 Å². The molecule has 0 aliphatic carbocycles. The van der Waals surface area contributed by atoms with E-state index < -0.39 is 0 Å². The predicted molar refractivity (Wildman–Crippen MR) is 76.2 cm³/mol. The van der Waals surface area contributed by atoms with Gasteiger partial charge in [-0.2, -0.15) is 5.26 Å². The highest BCUT2D eigenvalue weighted by atomic mass is 35.5. The number of ether oxygens (including phenoxy) is 1. The van der Waals surface area contributed by atoms with Gasteiger partial charge in [-0.25, -0.2) is 0 Å². The zero-order chi connectivity index (χ0) is 13.7. The summed E-state index contributed by atoms with van der Waals surface area (Å²) in [5.74, 6) is 1.26. The van der Waals surface area contributed by atoms with Gasteiger partial charge in [0.25, 0.3) is 0 Å². The van der Waals surface area contributed by atoms with Gasteiger partial charge in [0.05, 0.1) is 17.5 Å². The Balaban J connectivity index is 2.17. The lowest BCUT2D eigenvalue weighted by molar-refractivity contribution is 0.301. The summed E-state index contributed by atoms with van der Waals surface area (Å²) in [7, 11) is 0. The number of aryl methyl sites for hydroxylation is 1. The summed E-state index contributed by atoms with van der Waals surface area (Å²) in [5.41, 5.74) is 3.67. The minimum Gasteiger partial charge on any atom is -0.488 e. The second-order valence-corrected chi connectivity index (χ2v) is 4.56. The zero-order valence-electron chi connectivity index (χ0n) is 10.7. The van der Waals surface area contributed by atoms with Crippen LogP contribution >= 0.6 is 11.6 Å². The van der Waals surface area contributed by atoms with Gasteiger partial charge in [0, 0.05) is 5.56 Å². The standard InChI is InChI=1S/C16H14ClNO/c1-12-4-2-7-15(9-17)16(12)19-11-14-6-3-5-13(8-14)10-18/h2-8H,9,11H2,1H3. The maximum atomic E-state index is 8.87. The third-order valence-corrected chi connectivity index (χ3v) is 3.16. The number of rotatable bonds is 4. The van der Waals surface area contributed by atoms with Crippen LogP contribution in [0.2, 0.25) is 0 Å². The molecule has 0 saturated heterocycles. The van der Waals surface area contributed by atoms with E-state index >= 15 is 0 Å². The Morgan fingerprint density at radius 2 is 2.00 bits per heavy atom. The van der Waals surface area contributed by atoms with Crippen molar-refractivity contribution in [1.82, 2.24) is 0 Å². The number of benzene rings is 2. The van der Waals surface area contributed by atoms with Gasteiger partial charge in [-0.15, -0.1) is 11.6 Å². The Labute approximate surface area is 118 Å². The van der Waals surface area contributed by atoms with E-state index in [1.807, 2.05) is 43.3 Å². The minimum atomic E-state index is 0.426. The lowest BCUT2D eigenvalue weighted by atomic mass is 10.1. The number of hydrogen-bond acceptors (Lipinski definition) is 2. The highest BCUT2D eigenvalue weighted by Gasteiger charge is 2.06. The quantitative estimate of drug-likeness (QED) is 0.782. The molecule has 2 rings (SSSR count). The van der Waals surface area contributed by atoms with Gasteiger partial charge >= 0.3 is 0 Å². The molecule has 0 aliphatic heterocycles.